The molecule has 30 heavy (non-hydrogen) atoms. The summed E-state index contributed by atoms with van der Waals surface area (Å²) in [5, 5.41) is 4.45. The number of hydrogen-bond donors (Lipinski definition) is 2. The molecule has 0 saturated carbocycles. The number of nitrogens with zero attached hydrogens (tertiary/aromatic N) is 2. The monoisotopic (exact) mass is 436 g/mol. The van der Waals surface area contributed by atoms with Gasteiger partial charge in [-0.3, -0.25) is 14.4 Å². The molecule has 1 aromatic carbocycles. The molecule has 1 saturated heterocycles. The lowest BCUT2D eigenvalue weighted by molar-refractivity contribution is -0.148. The first kappa shape index (κ1) is 21.8. The lowest BCUT2D eigenvalue weighted by atomic mass is 10.1. The summed E-state index contributed by atoms with van der Waals surface area (Å²) >= 11 is 1.42. The number of nitrogens with one attached hydrogen (secondary N) is 1. The summed E-state index contributed by atoms with van der Waals surface area (Å²) in [6.07, 6.45) is -0.702. The molecular weight excluding hydrogens is 414 g/mol. The quantitative estimate of drug-likeness (QED) is 0.715. The highest BCUT2D eigenvalue weighted by Gasteiger charge is 2.40. The molecule has 1 unspecified atom stereocenters. The van der Waals surface area contributed by atoms with E-state index in [0.29, 0.717) is 12.5 Å². The lowest BCUT2D eigenvalue weighted by Gasteiger charge is -2.42. The van der Waals surface area contributed by atoms with Crippen LogP contribution in [-0.2, 0) is 16.0 Å². The first-order valence-corrected chi connectivity index (χ1v) is 10.4. The third-order valence-electron chi connectivity index (χ3n) is 4.66. The van der Waals surface area contributed by atoms with Crippen molar-refractivity contribution in [2.75, 3.05) is 26.2 Å². The number of thiophene rings is 1. The highest BCUT2D eigenvalue weighted by atomic mass is 32.1. The van der Waals surface area contributed by atoms with Crippen LogP contribution in [0.25, 0.3) is 0 Å². The molecule has 1 aliphatic rings. The van der Waals surface area contributed by atoms with E-state index in [4.69, 9.17) is 5.73 Å². The molecule has 1 aromatic heterocycles. The first-order chi connectivity index (χ1) is 14.4. The van der Waals surface area contributed by atoms with E-state index in [1.807, 2.05) is 17.5 Å². The van der Waals surface area contributed by atoms with Crippen LogP contribution in [0.2, 0.25) is 0 Å². The van der Waals surface area contributed by atoms with Crippen LogP contribution in [0.5, 0.6) is 0 Å². The molecule has 0 radical (unpaired) electrons. The van der Waals surface area contributed by atoms with Gasteiger partial charge in [-0.25, -0.2) is 8.78 Å². The number of amides is 3. The van der Waals surface area contributed by atoms with Crippen LogP contribution in [0.3, 0.4) is 0 Å². The van der Waals surface area contributed by atoms with Crippen molar-refractivity contribution in [3.8, 4) is 0 Å². The summed E-state index contributed by atoms with van der Waals surface area (Å²) in [7, 11) is 0. The van der Waals surface area contributed by atoms with E-state index in [1.165, 1.54) is 21.1 Å². The Bertz CT molecular complexity index is 903. The molecule has 10 heteroatoms. The Morgan fingerprint density at radius 3 is 2.47 bits per heavy atom. The summed E-state index contributed by atoms with van der Waals surface area (Å²) in [5.41, 5.74) is 5.23. The average Bonchev–Trinajstić information content (AvgIpc) is 3.23. The van der Waals surface area contributed by atoms with Gasteiger partial charge in [0.1, 0.15) is 11.6 Å². The van der Waals surface area contributed by atoms with Gasteiger partial charge in [0.15, 0.2) is 6.17 Å². The fourth-order valence-electron chi connectivity index (χ4n) is 3.37. The van der Waals surface area contributed by atoms with Gasteiger partial charge in [0.2, 0.25) is 5.91 Å². The summed E-state index contributed by atoms with van der Waals surface area (Å²) < 4.78 is 27.3. The second-order valence-corrected chi connectivity index (χ2v) is 7.84. The van der Waals surface area contributed by atoms with E-state index in [1.54, 1.807) is 0 Å². The third kappa shape index (κ3) is 5.00. The number of carbonyl (C=O) groups excluding carboxylic acids is 3. The van der Waals surface area contributed by atoms with E-state index in [9.17, 15) is 23.2 Å². The molecule has 0 aliphatic carbocycles. The van der Waals surface area contributed by atoms with Crippen molar-refractivity contribution in [2.24, 2.45) is 5.73 Å². The van der Waals surface area contributed by atoms with Crippen molar-refractivity contribution in [3.63, 3.8) is 0 Å². The Labute approximate surface area is 176 Å². The predicted octanol–water partition coefficient (Wildman–Crippen LogP) is 1.34. The molecule has 160 valence electrons. The van der Waals surface area contributed by atoms with Crippen molar-refractivity contribution in [2.45, 2.75) is 19.0 Å². The van der Waals surface area contributed by atoms with E-state index < -0.39 is 29.6 Å². The molecule has 3 amide bonds. The van der Waals surface area contributed by atoms with Gasteiger partial charge in [-0.1, -0.05) is 6.07 Å². The molecule has 3 N–H and O–H groups in total. The van der Waals surface area contributed by atoms with Crippen LogP contribution in [0.15, 0.2) is 35.7 Å². The normalized spacial score (nSPS) is 16.4. The maximum Gasteiger partial charge on any atom is 0.263 e. The molecule has 1 fully saturated rings. The summed E-state index contributed by atoms with van der Waals surface area (Å²) in [4.78, 5) is 42.2. The highest BCUT2D eigenvalue weighted by molar-refractivity contribution is 7.10. The molecule has 2 heterocycles. The number of rotatable bonds is 6. The summed E-state index contributed by atoms with van der Waals surface area (Å²) in [5.74, 6) is -3.40. The van der Waals surface area contributed by atoms with E-state index in [-0.39, 0.29) is 44.1 Å². The minimum Gasteiger partial charge on any atom is -0.351 e. The molecule has 1 aliphatic heterocycles. The van der Waals surface area contributed by atoms with E-state index >= 15 is 0 Å². The topological polar surface area (TPSA) is 95.7 Å². The van der Waals surface area contributed by atoms with Crippen molar-refractivity contribution >= 4 is 29.1 Å². The number of benzene rings is 1. The van der Waals surface area contributed by atoms with Crippen molar-refractivity contribution in [3.05, 3.63) is 57.8 Å². The zero-order valence-corrected chi connectivity index (χ0v) is 17.0. The Balaban J connectivity index is 1.90. The Hall–Kier alpha value is -2.85. The van der Waals surface area contributed by atoms with Crippen molar-refractivity contribution in [1.82, 2.24) is 15.1 Å². The number of hydrogen-bond acceptors (Lipinski definition) is 5. The van der Waals surface area contributed by atoms with Crippen molar-refractivity contribution < 1.29 is 23.2 Å². The van der Waals surface area contributed by atoms with Gasteiger partial charge in [-0.15, -0.1) is 11.3 Å². The van der Waals surface area contributed by atoms with Gasteiger partial charge in [0.25, 0.3) is 11.8 Å². The highest BCUT2D eigenvalue weighted by Crippen LogP contribution is 2.21. The fraction of sp³-hybridized carbons (Fsp3) is 0.350. The zero-order chi connectivity index (χ0) is 21.7. The van der Waals surface area contributed by atoms with Crippen molar-refractivity contribution in [1.29, 1.82) is 0 Å². The molecular formula is C20H22F2N4O3S. The number of halogens is 2. The number of nitrogens with two attached hydrogens (primary N) is 1. The second-order valence-electron chi connectivity index (χ2n) is 6.81. The summed E-state index contributed by atoms with van der Waals surface area (Å²) in [6.45, 7) is 0.802. The molecule has 1 atom stereocenters. The summed E-state index contributed by atoms with van der Waals surface area (Å²) in [6, 6.07) is 6.12. The Morgan fingerprint density at radius 2 is 1.83 bits per heavy atom. The molecule has 0 bridgehead atoms. The maximum atomic E-state index is 13.6. The second kappa shape index (κ2) is 9.77. The van der Waals surface area contributed by atoms with E-state index in [2.05, 4.69) is 5.32 Å². The van der Waals surface area contributed by atoms with Gasteiger partial charge < -0.3 is 20.9 Å². The Morgan fingerprint density at radius 1 is 1.13 bits per heavy atom. The SMILES string of the molecule is NCCNC(=O)C1N(C(=O)Cc2cccs2)CCCN1C(=O)c1cc(F)cc(F)c1. The molecule has 3 rings (SSSR count). The van der Waals surface area contributed by atoms with Crippen LogP contribution < -0.4 is 11.1 Å². The van der Waals surface area contributed by atoms with Crippen LogP contribution in [0.1, 0.15) is 21.7 Å². The third-order valence-corrected chi connectivity index (χ3v) is 5.54. The van der Waals surface area contributed by atoms with Crippen LogP contribution in [0.4, 0.5) is 8.78 Å². The van der Waals surface area contributed by atoms with Crippen LogP contribution in [0, 0.1) is 11.6 Å². The minimum atomic E-state index is -1.23. The lowest BCUT2D eigenvalue weighted by Crippen LogP contribution is -2.64. The fourth-order valence-corrected chi connectivity index (χ4v) is 4.07. The van der Waals surface area contributed by atoms with Crippen LogP contribution in [-0.4, -0.2) is 59.9 Å². The van der Waals surface area contributed by atoms with Crippen LogP contribution >= 0.6 is 11.3 Å². The molecule has 2 aromatic rings. The smallest absolute Gasteiger partial charge is 0.263 e. The average molecular weight is 436 g/mol. The predicted molar refractivity (Wildman–Crippen MR) is 108 cm³/mol. The van der Waals surface area contributed by atoms with Gasteiger partial charge in [-0.2, -0.15) is 0 Å². The largest absolute Gasteiger partial charge is 0.351 e. The zero-order valence-electron chi connectivity index (χ0n) is 16.1. The molecule has 0 spiro atoms. The maximum absolute atomic E-state index is 13.6. The van der Waals surface area contributed by atoms with Gasteiger partial charge in [0, 0.05) is 42.7 Å². The van der Waals surface area contributed by atoms with Gasteiger partial charge in [-0.05, 0) is 30.0 Å². The standard InChI is InChI=1S/C20H22F2N4O3S/c21-14-9-13(10-15(22)11-14)20(29)26-7-2-6-25(19(26)18(28)24-5-4-23)17(27)12-16-3-1-8-30-16/h1,3,8-11,19H,2,4-7,12,23H2,(H,24,28). The minimum absolute atomic E-state index is 0.0922. The van der Waals surface area contributed by atoms with Gasteiger partial charge >= 0.3 is 0 Å². The molecule has 7 nitrogen and oxygen atoms in total. The van der Waals surface area contributed by atoms with E-state index in [0.717, 1.165) is 17.0 Å². The van der Waals surface area contributed by atoms with Gasteiger partial charge in [0.05, 0.1) is 6.42 Å². The number of carbonyl (C=O) groups is 3. The Kier molecular flexibility index (Phi) is 7.11. The first-order valence-electron chi connectivity index (χ1n) is 9.47.